The Morgan fingerprint density at radius 2 is 1.40 bits per heavy atom. The van der Waals surface area contributed by atoms with E-state index in [9.17, 15) is 35.9 Å². The van der Waals surface area contributed by atoms with Crippen LogP contribution < -0.4 is 10.1 Å². The van der Waals surface area contributed by atoms with Crippen LogP contribution in [0.25, 0.3) is 0 Å². The van der Waals surface area contributed by atoms with Gasteiger partial charge in [-0.3, -0.25) is 9.59 Å². The lowest BCUT2D eigenvalue weighted by atomic mass is 10.0. The third kappa shape index (κ3) is 5.22. The summed E-state index contributed by atoms with van der Waals surface area (Å²) in [7, 11) is 4.20. The van der Waals surface area contributed by atoms with Crippen molar-refractivity contribution in [3.05, 3.63) is 58.7 Å². The summed E-state index contributed by atoms with van der Waals surface area (Å²) in [6, 6.07) is 4.48. The van der Waals surface area contributed by atoms with Crippen LogP contribution in [0.15, 0.2) is 36.4 Å². The van der Waals surface area contributed by atoms with Crippen LogP contribution >= 0.6 is 0 Å². The Kier molecular flexibility index (Phi) is 6.33. The van der Waals surface area contributed by atoms with E-state index in [4.69, 9.17) is 4.74 Å². The number of anilines is 1. The maximum absolute atomic E-state index is 13.0. The van der Waals surface area contributed by atoms with E-state index >= 15 is 0 Å². The zero-order valence-electron chi connectivity index (χ0n) is 15.9. The Balaban J connectivity index is 2.49. The van der Waals surface area contributed by atoms with Gasteiger partial charge in [-0.1, -0.05) is 0 Å². The van der Waals surface area contributed by atoms with E-state index in [1.54, 1.807) is 0 Å². The monoisotopic (exact) mass is 434 g/mol. The lowest BCUT2D eigenvalue weighted by Gasteiger charge is -2.16. The first-order chi connectivity index (χ1) is 13.7. The van der Waals surface area contributed by atoms with Gasteiger partial charge in [0.1, 0.15) is 5.75 Å². The fourth-order valence-electron chi connectivity index (χ4n) is 2.48. The Morgan fingerprint density at radius 1 is 0.867 bits per heavy atom. The third-order valence-corrected chi connectivity index (χ3v) is 3.95. The van der Waals surface area contributed by atoms with Crippen molar-refractivity contribution in [3.8, 4) is 5.75 Å². The number of nitrogens with one attached hydrogen (secondary N) is 1. The predicted molar refractivity (Wildman–Crippen MR) is 95.4 cm³/mol. The number of carbonyl (C=O) groups is 2. The van der Waals surface area contributed by atoms with Crippen LogP contribution in [-0.4, -0.2) is 37.9 Å². The number of amides is 2. The minimum Gasteiger partial charge on any atom is -0.495 e. The second kappa shape index (κ2) is 8.25. The summed E-state index contributed by atoms with van der Waals surface area (Å²) in [6.45, 7) is 0. The van der Waals surface area contributed by atoms with Crippen molar-refractivity contribution < 1.29 is 40.7 Å². The first-order valence-electron chi connectivity index (χ1n) is 8.24. The van der Waals surface area contributed by atoms with E-state index in [2.05, 4.69) is 5.32 Å². The Morgan fingerprint density at radius 3 is 1.83 bits per heavy atom. The van der Waals surface area contributed by atoms with Gasteiger partial charge >= 0.3 is 12.4 Å². The SMILES string of the molecule is COc1ccc(C(=O)N(C)C)cc1NC(=O)c1cc(C(F)(F)F)cc(C(F)(F)F)c1. The van der Waals surface area contributed by atoms with Crippen LogP contribution in [0.4, 0.5) is 32.0 Å². The van der Waals surface area contributed by atoms with E-state index in [1.807, 2.05) is 0 Å². The van der Waals surface area contributed by atoms with Gasteiger partial charge in [-0.2, -0.15) is 26.3 Å². The topological polar surface area (TPSA) is 58.6 Å². The highest BCUT2D eigenvalue weighted by Crippen LogP contribution is 2.36. The number of rotatable bonds is 4. The molecule has 0 aromatic heterocycles. The zero-order valence-corrected chi connectivity index (χ0v) is 15.9. The number of carbonyl (C=O) groups excluding carboxylic acids is 2. The quantitative estimate of drug-likeness (QED) is 0.711. The Bertz CT molecular complexity index is 935. The van der Waals surface area contributed by atoms with Crippen molar-refractivity contribution >= 4 is 17.5 Å². The van der Waals surface area contributed by atoms with Gasteiger partial charge in [-0.05, 0) is 36.4 Å². The van der Waals surface area contributed by atoms with Gasteiger partial charge < -0.3 is 15.0 Å². The average molecular weight is 434 g/mol. The highest BCUT2D eigenvalue weighted by atomic mass is 19.4. The van der Waals surface area contributed by atoms with Crippen molar-refractivity contribution in [1.29, 1.82) is 0 Å². The van der Waals surface area contributed by atoms with Gasteiger partial charge in [0.15, 0.2) is 0 Å². The lowest BCUT2D eigenvalue weighted by Crippen LogP contribution is -2.22. The fraction of sp³-hybridized carbons (Fsp3) is 0.263. The molecule has 0 atom stereocenters. The molecule has 0 aliphatic heterocycles. The average Bonchev–Trinajstić information content (AvgIpc) is 2.65. The smallest absolute Gasteiger partial charge is 0.416 e. The first-order valence-corrected chi connectivity index (χ1v) is 8.24. The number of alkyl halides is 6. The van der Waals surface area contributed by atoms with Crippen LogP contribution in [0, 0.1) is 0 Å². The van der Waals surface area contributed by atoms with Crippen LogP contribution in [0.3, 0.4) is 0 Å². The van der Waals surface area contributed by atoms with Gasteiger partial charge in [-0.25, -0.2) is 0 Å². The molecule has 0 spiro atoms. The predicted octanol–water partition coefficient (Wildman–Crippen LogP) is 4.69. The molecule has 0 saturated carbocycles. The molecule has 1 N–H and O–H groups in total. The highest BCUT2D eigenvalue weighted by Gasteiger charge is 2.37. The largest absolute Gasteiger partial charge is 0.495 e. The minimum absolute atomic E-state index is 0.0571. The molecule has 0 bridgehead atoms. The molecule has 0 radical (unpaired) electrons. The Hall–Kier alpha value is -3.24. The summed E-state index contributed by atoms with van der Waals surface area (Å²) in [5.41, 5.74) is -4.07. The molecule has 0 aliphatic carbocycles. The van der Waals surface area contributed by atoms with Crippen LogP contribution in [0.1, 0.15) is 31.8 Å². The molecule has 5 nitrogen and oxygen atoms in total. The second-order valence-corrected chi connectivity index (χ2v) is 6.36. The molecule has 0 saturated heterocycles. The summed E-state index contributed by atoms with van der Waals surface area (Å²) in [4.78, 5) is 25.8. The molecule has 2 aromatic carbocycles. The number of halogens is 6. The van der Waals surface area contributed by atoms with Gasteiger partial charge in [0.25, 0.3) is 11.8 Å². The number of hydrogen-bond acceptors (Lipinski definition) is 3. The lowest BCUT2D eigenvalue weighted by molar-refractivity contribution is -0.143. The standard InChI is InChI=1S/C19H16F6N2O3/c1-27(2)17(29)10-4-5-15(30-3)14(8-10)26-16(28)11-6-12(18(20,21)22)9-13(7-11)19(23,24)25/h4-9H,1-3H3,(H,26,28). The van der Waals surface area contributed by atoms with Gasteiger partial charge in [0, 0.05) is 25.2 Å². The van der Waals surface area contributed by atoms with Crippen LogP contribution in [-0.2, 0) is 12.4 Å². The molecule has 0 fully saturated rings. The summed E-state index contributed by atoms with van der Waals surface area (Å²) in [6.07, 6.45) is -10.2. The molecule has 0 aliphatic rings. The third-order valence-electron chi connectivity index (χ3n) is 3.95. The van der Waals surface area contributed by atoms with Crippen LogP contribution in [0.5, 0.6) is 5.75 Å². The van der Waals surface area contributed by atoms with Crippen LogP contribution in [0.2, 0.25) is 0 Å². The maximum atomic E-state index is 13.0. The van der Waals surface area contributed by atoms with E-state index in [1.165, 1.54) is 44.3 Å². The second-order valence-electron chi connectivity index (χ2n) is 6.36. The molecular weight excluding hydrogens is 418 g/mol. The summed E-state index contributed by atoms with van der Waals surface area (Å²) in [5, 5.41) is 2.20. The molecule has 11 heteroatoms. The Labute approximate surface area is 167 Å². The summed E-state index contributed by atoms with van der Waals surface area (Å²) < 4.78 is 83.0. The minimum atomic E-state index is -5.09. The van der Waals surface area contributed by atoms with E-state index in [0.29, 0.717) is 12.1 Å². The van der Waals surface area contributed by atoms with Gasteiger partial charge in [0.2, 0.25) is 0 Å². The maximum Gasteiger partial charge on any atom is 0.416 e. The van der Waals surface area contributed by atoms with Gasteiger partial charge in [-0.15, -0.1) is 0 Å². The number of nitrogens with zero attached hydrogens (tertiary/aromatic N) is 1. The van der Waals surface area contributed by atoms with Crippen molar-refractivity contribution in [2.45, 2.75) is 12.4 Å². The number of hydrogen-bond donors (Lipinski definition) is 1. The zero-order chi connectivity index (χ0) is 22.9. The summed E-state index contributed by atoms with van der Waals surface area (Å²) >= 11 is 0. The van der Waals surface area contributed by atoms with E-state index in [-0.39, 0.29) is 23.1 Å². The van der Waals surface area contributed by atoms with Crippen molar-refractivity contribution in [2.24, 2.45) is 0 Å². The van der Waals surface area contributed by atoms with Crippen molar-refractivity contribution in [2.75, 3.05) is 26.5 Å². The molecule has 30 heavy (non-hydrogen) atoms. The van der Waals surface area contributed by atoms with Crippen molar-refractivity contribution in [1.82, 2.24) is 4.90 Å². The highest BCUT2D eigenvalue weighted by molar-refractivity contribution is 6.06. The molecule has 2 rings (SSSR count). The summed E-state index contributed by atoms with van der Waals surface area (Å²) in [5.74, 6) is -1.62. The first kappa shape index (κ1) is 23.0. The molecule has 0 heterocycles. The molecule has 162 valence electrons. The number of ether oxygens (including phenoxy) is 1. The molecule has 2 aromatic rings. The van der Waals surface area contributed by atoms with E-state index in [0.717, 1.165) is 0 Å². The normalized spacial score (nSPS) is 11.8. The number of benzene rings is 2. The number of methoxy groups -OCH3 is 1. The molecular formula is C19H16F6N2O3. The molecule has 2 amide bonds. The fourth-order valence-corrected chi connectivity index (χ4v) is 2.48. The van der Waals surface area contributed by atoms with E-state index < -0.39 is 40.9 Å². The van der Waals surface area contributed by atoms with Crippen molar-refractivity contribution in [3.63, 3.8) is 0 Å². The van der Waals surface area contributed by atoms with Gasteiger partial charge in [0.05, 0.1) is 23.9 Å². The molecule has 0 unspecified atom stereocenters.